The Balaban J connectivity index is 1.92. The number of nitrogens with zero attached hydrogens (tertiary/aromatic N) is 2. The van der Waals surface area contributed by atoms with Gasteiger partial charge in [0.25, 0.3) is 0 Å². The maximum absolute atomic E-state index is 12.9. The molecule has 430 valence electrons. The lowest BCUT2D eigenvalue weighted by molar-refractivity contribution is -0.161. The van der Waals surface area contributed by atoms with E-state index in [1.54, 1.807) is 42.5 Å². The van der Waals surface area contributed by atoms with E-state index in [9.17, 15) is 58.8 Å². The lowest BCUT2D eigenvalue weighted by atomic mass is 10.1. The van der Waals surface area contributed by atoms with Gasteiger partial charge >= 0.3 is 33.3 Å². The minimum Gasteiger partial charge on any atom is -0.462 e. The molecule has 0 radical (unpaired) electrons. The number of hydrogen-bond donors (Lipinski definition) is 8. The average Bonchev–Trinajstić information content (AvgIpc) is 3.66. The van der Waals surface area contributed by atoms with Crippen molar-refractivity contribution in [2.75, 3.05) is 25.6 Å². The third kappa shape index (κ3) is 32.5. The molecule has 1 aliphatic rings. The number of aliphatic hydroxyl groups is 5. The van der Waals surface area contributed by atoms with Crippen LogP contribution in [0.2, 0.25) is 0 Å². The minimum atomic E-state index is -5.53. The first-order valence-electron chi connectivity index (χ1n) is 25.9. The number of carbonyl (C=O) groups excluding carboxylic acids is 2. The smallest absolute Gasteiger partial charge is 0.462 e. The van der Waals surface area contributed by atoms with Crippen molar-refractivity contribution in [3.05, 3.63) is 144 Å². The van der Waals surface area contributed by atoms with Crippen LogP contribution in [0.1, 0.15) is 116 Å². The van der Waals surface area contributed by atoms with E-state index in [1.165, 1.54) is 18.2 Å². The second-order valence-corrected chi connectivity index (χ2v) is 20.5. The fourth-order valence-corrected chi connectivity index (χ4v) is 8.89. The lowest BCUT2D eigenvalue weighted by Gasteiger charge is -2.21. The molecular formula is C54H81N3O18P2. The summed E-state index contributed by atoms with van der Waals surface area (Å²) in [7, 11) is -11.0. The summed E-state index contributed by atoms with van der Waals surface area (Å²) in [6.07, 6.45) is 36.5. The Morgan fingerprint density at radius 3 is 1.90 bits per heavy atom. The summed E-state index contributed by atoms with van der Waals surface area (Å²) in [6, 6.07) is 1.22. The predicted octanol–water partition coefficient (Wildman–Crippen LogP) is 7.69. The van der Waals surface area contributed by atoms with Gasteiger partial charge in [0.15, 0.2) is 12.3 Å². The molecule has 1 fully saturated rings. The second-order valence-electron chi connectivity index (χ2n) is 17.5. The number of unbranched alkanes of at least 4 members (excludes halogenated alkanes) is 2. The molecule has 0 amide bonds. The van der Waals surface area contributed by atoms with E-state index < -0.39 is 102 Å². The number of anilines is 1. The molecule has 23 heteroatoms. The number of nitrogen functional groups attached to an aromatic ring is 1. The number of aromatic nitrogens is 2. The van der Waals surface area contributed by atoms with Crippen LogP contribution in [0, 0.1) is 0 Å². The number of nitrogens with two attached hydrogens (primary N) is 1. The Bertz CT molecular complexity index is 2330. The number of allylic oxidation sites excluding steroid dienone is 18. The molecule has 2 heterocycles. The third-order valence-corrected chi connectivity index (χ3v) is 13.5. The van der Waals surface area contributed by atoms with Gasteiger partial charge in [0.05, 0.1) is 31.5 Å². The molecule has 0 spiro atoms. The average molecular weight is 1120 g/mol. The van der Waals surface area contributed by atoms with Gasteiger partial charge in [-0.05, 0) is 70.3 Å². The lowest BCUT2D eigenvalue weighted by Crippen LogP contribution is -2.36. The highest BCUT2D eigenvalue weighted by atomic mass is 31.3. The Labute approximate surface area is 452 Å². The summed E-state index contributed by atoms with van der Waals surface area (Å²) in [5, 5.41) is 51.6. The van der Waals surface area contributed by atoms with E-state index in [-0.39, 0.29) is 37.9 Å². The van der Waals surface area contributed by atoms with E-state index in [1.807, 2.05) is 18.2 Å². The summed E-state index contributed by atoms with van der Waals surface area (Å²) in [4.78, 5) is 62.0. The SMILES string of the molecule is CC/C=C\C/C=C\C/C=C\C/C=C\C/C=C\C/C=C\CCC(=O)O[C@H](COC(=O)CCC[C@@H](O)[C@H](O)/C=C/C=C/C=C\C=C\[C@H](O)CCCCC)COP(=O)(O)OP(=O)(O)OC[C@H]1O[C@@H](n2ccc(N)nc2=O)[C@H](O)[C@@H]1O. The van der Waals surface area contributed by atoms with E-state index >= 15 is 0 Å². The van der Waals surface area contributed by atoms with Crippen molar-refractivity contribution in [1.82, 2.24) is 9.55 Å². The van der Waals surface area contributed by atoms with Crippen LogP contribution in [-0.2, 0) is 46.3 Å². The van der Waals surface area contributed by atoms with Gasteiger partial charge in [-0.25, -0.2) is 13.9 Å². The number of aliphatic hydroxyl groups excluding tert-OH is 5. The molecule has 0 saturated carbocycles. The van der Waals surface area contributed by atoms with Gasteiger partial charge in [-0.15, -0.1) is 0 Å². The molecule has 9 N–H and O–H groups in total. The first-order chi connectivity index (χ1) is 36.9. The highest BCUT2D eigenvalue weighted by molar-refractivity contribution is 7.61. The largest absolute Gasteiger partial charge is 0.481 e. The molecule has 1 saturated heterocycles. The van der Waals surface area contributed by atoms with Crippen LogP contribution >= 0.6 is 15.6 Å². The van der Waals surface area contributed by atoms with Crippen molar-refractivity contribution in [2.24, 2.45) is 0 Å². The van der Waals surface area contributed by atoms with Gasteiger partial charge in [0, 0.05) is 19.0 Å². The van der Waals surface area contributed by atoms with Crippen LogP contribution in [0.4, 0.5) is 5.82 Å². The zero-order chi connectivity index (χ0) is 56.7. The predicted molar refractivity (Wildman–Crippen MR) is 292 cm³/mol. The summed E-state index contributed by atoms with van der Waals surface area (Å²) in [6.45, 7) is 1.51. The second kappa shape index (κ2) is 40.3. The quantitative estimate of drug-likeness (QED) is 0.0103. The topological polar surface area (TPSA) is 326 Å². The number of hydrogen-bond acceptors (Lipinski definition) is 18. The van der Waals surface area contributed by atoms with Gasteiger partial charge in [0.1, 0.15) is 30.7 Å². The zero-order valence-electron chi connectivity index (χ0n) is 44.0. The standard InChI is InChI=1S/C54H81N3O18P2/c1-3-5-7-8-9-10-11-12-13-14-15-16-17-18-19-20-21-26-30-36-50(62)73-44(40-70-49(61)37-31-35-46(60)45(59)34-29-25-23-22-24-28-33-43(58)32-27-6-4-2)41-71-76(66,67)75-77(68,69)72-42-47-51(63)52(64)53(74-47)57-39-38-48(55)56-54(57)65/h5,7,9-10,12-13,15-16,18-19,21-26,28-29,33-34,38-39,43-47,51-53,58-60,63-64H,3-4,6,8,11,14,17,20,27,30-32,35-37,40-42H2,1-2H3,(H,66,67)(H,68,69)(H2,55,56,65)/b7-5-,10-9-,13-12-,16-15-,19-18-,24-22-,25-23+,26-21-,33-28+,34-29+/t43-,44-,45-,46-,47-,51-,52-,53-/m1/s1. The minimum absolute atomic E-state index is 0.00681. The first-order valence-corrected chi connectivity index (χ1v) is 28.9. The normalized spacial score (nSPS) is 20.8. The molecule has 1 aromatic rings. The Hall–Kier alpha value is -4.96. The van der Waals surface area contributed by atoms with Crippen LogP contribution < -0.4 is 11.4 Å². The van der Waals surface area contributed by atoms with Gasteiger partial charge in [-0.2, -0.15) is 9.29 Å². The summed E-state index contributed by atoms with van der Waals surface area (Å²) >= 11 is 0. The summed E-state index contributed by atoms with van der Waals surface area (Å²) in [5.41, 5.74) is 4.55. The Morgan fingerprint density at radius 1 is 0.727 bits per heavy atom. The number of carbonyl (C=O) groups is 2. The maximum Gasteiger partial charge on any atom is 0.481 e. The molecule has 0 aromatic carbocycles. The van der Waals surface area contributed by atoms with Crippen molar-refractivity contribution in [3.63, 3.8) is 0 Å². The molecule has 2 rings (SSSR count). The van der Waals surface area contributed by atoms with Gasteiger partial charge in [0.2, 0.25) is 0 Å². The summed E-state index contributed by atoms with van der Waals surface area (Å²) < 4.78 is 56.4. The molecule has 2 unspecified atom stereocenters. The zero-order valence-corrected chi connectivity index (χ0v) is 45.8. The van der Waals surface area contributed by atoms with E-state index in [0.29, 0.717) is 12.8 Å². The van der Waals surface area contributed by atoms with Crippen LogP contribution in [0.5, 0.6) is 0 Å². The monoisotopic (exact) mass is 1120 g/mol. The number of esters is 2. The molecule has 1 aromatic heterocycles. The highest BCUT2D eigenvalue weighted by Crippen LogP contribution is 2.60. The Kier molecular flexibility index (Phi) is 35.6. The molecule has 77 heavy (non-hydrogen) atoms. The molecule has 10 atom stereocenters. The van der Waals surface area contributed by atoms with Crippen molar-refractivity contribution in [1.29, 1.82) is 0 Å². The third-order valence-electron chi connectivity index (χ3n) is 10.9. The van der Waals surface area contributed by atoms with Crippen LogP contribution in [0.15, 0.2) is 139 Å². The number of rotatable bonds is 40. The molecule has 1 aliphatic heterocycles. The number of phosphoric acid groups is 2. The first kappa shape index (κ1) is 68.1. The van der Waals surface area contributed by atoms with E-state index in [4.69, 9.17) is 29.0 Å². The number of ether oxygens (including phenoxy) is 3. The molecule has 0 bridgehead atoms. The molecule has 0 aliphatic carbocycles. The fraction of sp³-hybridized carbons (Fsp3) is 0.519. The van der Waals surface area contributed by atoms with E-state index in [0.717, 1.165) is 62.1 Å². The maximum atomic E-state index is 12.9. The van der Waals surface area contributed by atoms with Crippen LogP contribution in [0.25, 0.3) is 0 Å². The van der Waals surface area contributed by atoms with Crippen molar-refractivity contribution in [3.8, 4) is 0 Å². The van der Waals surface area contributed by atoms with Crippen molar-refractivity contribution in [2.45, 2.75) is 159 Å². The highest BCUT2D eigenvalue weighted by Gasteiger charge is 2.46. The number of phosphoric ester groups is 2. The van der Waals surface area contributed by atoms with Crippen LogP contribution in [-0.4, -0.2) is 119 Å². The molecule has 21 nitrogen and oxygen atoms in total. The fourth-order valence-electron chi connectivity index (χ4n) is 6.78. The van der Waals surface area contributed by atoms with E-state index in [2.05, 4.69) is 71.8 Å². The van der Waals surface area contributed by atoms with Crippen LogP contribution in [0.3, 0.4) is 0 Å². The Morgan fingerprint density at radius 2 is 1.30 bits per heavy atom. The summed E-state index contributed by atoms with van der Waals surface area (Å²) in [5.74, 6) is -1.76. The van der Waals surface area contributed by atoms with Crippen molar-refractivity contribution < 1.29 is 81.6 Å². The van der Waals surface area contributed by atoms with Gasteiger partial charge < -0.3 is 55.3 Å². The van der Waals surface area contributed by atoms with Gasteiger partial charge in [-0.1, -0.05) is 155 Å². The molecular weight excluding hydrogens is 1040 g/mol. The van der Waals surface area contributed by atoms with Crippen molar-refractivity contribution >= 4 is 33.4 Å². The van der Waals surface area contributed by atoms with Gasteiger partial charge in [-0.3, -0.25) is 23.2 Å².